The predicted molar refractivity (Wildman–Crippen MR) is 44.4 cm³/mol. The van der Waals surface area contributed by atoms with Crippen molar-refractivity contribution in [3.05, 3.63) is 20.8 Å². The molecular weight excluding hydrogens is 174 g/mol. The van der Waals surface area contributed by atoms with E-state index in [1.54, 1.807) is 14.1 Å². The van der Waals surface area contributed by atoms with Crippen LogP contribution in [0.1, 0.15) is 0 Å². The molecule has 1 N–H and O–H groups in total. The molecule has 0 bridgehead atoms. The van der Waals surface area contributed by atoms with Gasteiger partial charge in [0.05, 0.1) is 0 Å². The van der Waals surface area contributed by atoms with Crippen LogP contribution in [0.3, 0.4) is 0 Å². The highest BCUT2D eigenvalue weighted by molar-refractivity contribution is 5.68. The Balaban J connectivity index is 3.19. The Morgan fingerprint density at radius 2 is 2.00 bits per heavy atom. The summed E-state index contributed by atoms with van der Waals surface area (Å²) in [5.74, 6) is 0. The lowest BCUT2D eigenvalue weighted by Gasteiger charge is -1.98. The van der Waals surface area contributed by atoms with Crippen molar-refractivity contribution in [3.8, 4) is 0 Å². The first-order valence-corrected chi connectivity index (χ1v) is 3.60. The summed E-state index contributed by atoms with van der Waals surface area (Å²) in [5, 5.41) is 7.27. The van der Waals surface area contributed by atoms with Crippen molar-refractivity contribution >= 4 is 11.2 Å². The van der Waals surface area contributed by atoms with E-state index in [0.717, 1.165) is 0 Å². The number of hydrogen-bond donors (Lipinski definition) is 1. The van der Waals surface area contributed by atoms with Gasteiger partial charge in [-0.3, -0.25) is 14.3 Å². The van der Waals surface area contributed by atoms with Gasteiger partial charge in [-0.25, -0.2) is 9.48 Å². The van der Waals surface area contributed by atoms with Crippen molar-refractivity contribution in [2.75, 3.05) is 0 Å². The molecule has 0 saturated heterocycles. The number of fused-ring (bicyclic) bond motifs is 1. The molecule has 0 atom stereocenters. The first-order chi connectivity index (χ1) is 6.11. The van der Waals surface area contributed by atoms with Gasteiger partial charge in [0.1, 0.15) is 0 Å². The predicted octanol–water partition coefficient (Wildman–Crippen LogP) is -1.64. The number of rotatable bonds is 0. The Bertz CT molecular complexity index is 575. The van der Waals surface area contributed by atoms with Crippen LogP contribution in [0, 0.1) is 0 Å². The second kappa shape index (κ2) is 2.28. The zero-order chi connectivity index (χ0) is 9.59. The lowest BCUT2D eigenvalue weighted by atomic mass is 10.5. The molecule has 2 aromatic rings. The number of nitrogens with zero attached hydrogens (tertiary/aromatic N) is 4. The fraction of sp³-hybridized carbons (Fsp3) is 0.333. The van der Waals surface area contributed by atoms with Gasteiger partial charge < -0.3 is 0 Å². The van der Waals surface area contributed by atoms with E-state index in [1.807, 2.05) is 0 Å². The van der Waals surface area contributed by atoms with E-state index in [1.165, 1.54) is 9.25 Å². The second-order valence-corrected chi connectivity index (χ2v) is 2.70. The SMILES string of the molecule is Cn1nnc2c(=O)[nH]c(=O)n(C)c21. The summed E-state index contributed by atoms with van der Waals surface area (Å²) < 4.78 is 2.67. The lowest BCUT2D eigenvalue weighted by molar-refractivity contribution is 0.703. The minimum atomic E-state index is -0.508. The van der Waals surface area contributed by atoms with Gasteiger partial charge in [0, 0.05) is 14.1 Å². The Morgan fingerprint density at radius 3 is 2.69 bits per heavy atom. The van der Waals surface area contributed by atoms with Crippen molar-refractivity contribution in [3.63, 3.8) is 0 Å². The zero-order valence-corrected chi connectivity index (χ0v) is 7.11. The molecule has 13 heavy (non-hydrogen) atoms. The van der Waals surface area contributed by atoms with Crippen LogP contribution in [0.25, 0.3) is 11.2 Å². The lowest BCUT2D eigenvalue weighted by Crippen LogP contribution is -2.29. The molecule has 0 aliphatic heterocycles. The summed E-state index contributed by atoms with van der Waals surface area (Å²) in [7, 11) is 3.16. The van der Waals surface area contributed by atoms with Crippen molar-refractivity contribution in [1.29, 1.82) is 0 Å². The van der Waals surface area contributed by atoms with Crippen LogP contribution in [0.15, 0.2) is 9.59 Å². The van der Waals surface area contributed by atoms with Gasteiger partial charge in [0.15, 0.2) is 11.2 Å². The standard InChI is InChI=1S/C6H7N5O2/c1-10-5-3(8-9-11(5)2)4(12)7-6(10)13/h1-2H3,(H,7,12,13). The summed E-state index contributed by atoms with van der Waals surface area (Å²) in [6.45, 7) is 0. The summed E-state index contributed by atoms with van der Waals surface area (Å²) in [6.07, 6.45) is 0. The maximum absolute atomic E-state index is 11.2. The van der Waals surface area contributed by atoms with Crippen LogP contribution in [0.4, 0.5) is 0 Å². The molecule has 7 heteroatoms. The molecule has 0 unspecified atom stereocenters. The third-order valence-corrected chi connectivity index (χ3v) is 1.86. The molecule has 0 radical (unpaired) electrons. The van der Waals surface area contributed by atoms with E-state index >= 15 is 0 Å². The minimum Gasteiger partial charge on any atom is -0.279 e. The van der Waals surface area contributed by atoms with E-state index in [-0.39, 0.29) is 5.52 Å². The molecule has 0 spiro atoms. The highest BCUT2D eigenvalue weighted by atomic mass is 16.2. The molecule has 2 rings (SSSR count). The highest BCUT2D eigenvalue weighted by Gasteiger charge is 2.09. The molecule has 0 amide bonds. The average molecular weight is 181 g/mol. The third-order valence-electron chi connectivity index (χ3n) is 1.86. The van der Waals surface area contributed by atoms with Gasteiger partial charge >= 0.3 is 5.69 Å². The molecule has 2 heterocycles. The van der Waals surface area contributed by atoms with Gasteiger partial charge in [-0.15, -0.1) is 5.10 Å². The van der Waals surface area contributed by atoms with Gasteiger partial charge in [0.25, 0.3) is 5.56 Å². The van der Waals surface area contributed by atoms with Crippen molar-refractivity contribution in [2.24, 2.45) is 14.1 Å². The maximum atomic E-state index is 11.2. The number of aromatic amines is 1. The highest BCUT2D eigenvalue weighted by Crippen LogP contribution is 1.98. The number of hydrogen-bond acceptors (Lipinski definition) is 4. The fourth-order valence-corrected chi connectivity index (χ4v) is 1.21. The monoisotopic (exact) mass is 181 g/mol. The third kappa shape index (κ3) is 0.897. The Hall–Kier alpha value is -1.92. The van der Waals surface area contributed by atoms with E-state index in [2.05, 4.69) is 15.3 Å². The van der Waals surface area contributed by atoms with E-state index in [0.29, 0.717) is 5.65 Å². The van der Waals surface area contributed by atoms with Crippen LogP contribution < -0.4 is 11.2 Å². The van der Waals surface area contributed by atoms with Gasteiger partial charge in [0.2, 0.25) is 0 Å². The molecule has 0 aromatic carbocycles. The maximum Gasteiger partial charge on any atom is 0.329 e. The van der Waals surface area contributed by atoms with Crippen LogP contribution in [-0.2, 0) is 14.1 Å². The average Bonchev–Trinajstić information content (AvgIpc) is 2.44. The Labute approximate surface area is 71.6 Å². The number of aryl methyl sites for hydroxylation is 2. The first kappa shape index (κ1) is 7.71. The summed E-state index contributed by atoms with van der Waals surface area (Å²) in [4.78, 5) is 24.5. The Morgan fingerprint density at radius 1 is 1.31 bits per heavy atom. The quantitative estimate of drug-likeness (QED) is 0.528. The largest absolute Gasteiger partial charge is 0.329 e. The molecule has 0 fully saturated rings. The van der Waals surface area contributed by atoms with E-state index in [9.17, 15) is 9.59 Å². The van der Waals surface area contributed by atoms with E-state index < -0.39 is 11.2 Å². The van der Waals surface area contributed by atoms with Crippen molar-refractivity contribution in [1.82, 2.24) is 24.5 Å². The number of H-pyrrole nitrogens is 1. The van der Waals surface area contributed by atoms with Crippen LogP contribution in [0.5, 0.6) is 0 Å². The second-order valence-electron chi connectivity index (χ2n) is 2.70. The van der Waals surface area contributed by atoms with Gasteiger partial charge in [-0.2, -0.15) is 0 Å². The number of nitrogens with one attached hydrogen (secondary N) is 1. The molecule has 68 valence electrons. The van der Waals surface area contributed by atoms with Crippen molar-refractivity contribution < 1.29 is 0 Å². The van der Waals surface area contributed by atoms with Gasteiger partial charge in [-0.05, 0) is 0 Å². The minimum absolute atomic E-state index is 0.171. The van der Waals surface area contributed by atoms with E-state index in [4.69, 9.17) is 0 Å². The molecule has 7 nitrogen and oxygen atoms in total. The fourth-order valence-electron chi connectivity index (χ4n) is 1.21. The summed E-state index contributed by atoms with van der Waals surface area (Å²) >= 11 is 0. The molecule has 0 aliphatic carbocycles. The summed E-state index contributed by atoms with van der Waals surface area (Å²) in [5.41, 5.74) is -0.396. The summed E-state index contributed by atoms with van der Waals surface area (Å²) in [6, 6.07) is 0. The molecule has 0 aliphatic rings. The topological polar surface area (TPSA) is 85.6 Å². The zero-order valence-electron chi connectivity index (χ0n) is 7.11. The normalized spacial score (nSPS) is 10.9. The number of aromatic nitrogens is 5. The Kier molecular flexibility index (Phi) is 1.35. The molecule has 0 saturated carbocycles. The first-order valence-electron chi connectivity index (χ1n) is 3.60. The van der Waals surface area contributed by atoms with Crippen LogP contribution >= 0.6 is 0 Å². The van der Waals surface area contributed by atoms with Crippen molar-refractivity contribution in [2.45, 2.75) is 0 Å². The smallest absolute Gasteiger partial charge is 0.279 e. The molecular formula is C6H7N5O2. The molecule has 2 aromatic heterocycles. The van der Waals surface area contributed by atoms with Crippen LogP contribution in [-0.4, -0.2) is 24.5 Å². The van der Waals surface area contributed by atoms with Crippen LogP contribution in [0.2, 0.25) is 0 Å². The van der Waals surface area contributed by atoms with Gasteiger partial charge in [-0.1, -0.05) is 5.21 Å².